The summed E-state index contributed by atoms with van der Waals surface area (Å²) in [4.78, 5) is 12.0. The van der Waals surface area contributed by atoms with Gasteiger partial charge in [0.1, 0.15) is 23.5 Å². The van der Waals surface area contributed by atoms with Gasteiger partial charge in [0.15, 0.2) is 0 Å². The number of hydrogen-bond acceptors (Lipinski definition) is 3. The van der Waals surface area contributed by atoms with E-state index in [0.717, 1.165) is 23.4 Å². The fraction of sp³-hybridized carbons (Fsp3) is 0.316. The van der Waals surface area contributed by atoms with Crippen LogP contribution < -0.4 is 10.1 Å². The lowest BCUT2D eigenvalue weighted by molar-refractivity contribution is -0.121. The van der Waals surface area contributed by atoms with Crippen LogP contribution in [0.4, 0.5) is 8.78 Å². The quantitative estimate of drug-likeness (QED) is 0.806. The summed E-state index contributed by atoms with van der Waals surface area (Å²) in [6, 6.07) is 10.7. The third kappa shape index (κ3) is 5.00. The first-order chi connectivity index (χ1) is 11.9. The lowest BCUT2D eigenvalue weighted by Gasteiger charge is -2.16. The van der Waals surface area contributed by atoms with Gasteiger partial charge in [-0.05, 0) is 35.7 Å². The molecule has 0 fully saturated rings. The van der Waals surface area contributed by atoms with Crippen LogP contribution in [0.25, 0.3) is 0 Å². The highest BCUT2D eigenvalue weighted by molar-refractivity contribution is 5.76. The number of rotatable bonds is 7. The van der Waals surface area contributed by atoms with E-state index in [9.17, 15) is 18.7 Å². The fourth-order valence-electron chi connectivity index (χ4n) is 2.54. The molecule has 6 heteroatoms. The van der Waals surface area contributed by atoms with Crippen molar-refractivity contribution in [3.05, 3.63) is 65.2 Å². The molecule has 2 rings (SSSR count). The van der Waals surface area contributed by atoms with Gasteiger partial charge in [-0.25, -0.2) is 8.78 Å². The van der Waals surface area contributed by atoms with E-state index in [1.807, 2.05) is 31.2 Å². The van der Waals surface area contributed by atoms with Crippen LogP contribution in [0.5, 0.6) is 5.75 Å². The number of methoxy groups -OCH3 is 1. The summed E-state index contributed by atoms with van der Waals surface area (Å²) in [5.74, 6) is -1.30. The maximum atomic E-state index is 13.6. The Kier molecular flexibility index (Phi) is 6.47. The van der Waals surface area contributed by atoms with E-state index in [2.05, 4.69) is 5.32 Å². The molecule has 25 heavy (non-hydrogen) atoms. The SMILES string of the molecule is COc1ccc(C(C)CC(=O)NCC(O)c2c(F)cccc2F)cc1. The molecule has 0 saturated heterocycles. The molecule has 2 aromatic carbocycles. The van der Waals surface area contributed by atoms with Crippen molar-refractivity contribution in [3.8, 4) is 5.75 Å². The highest BCUT2D eigenvalue weighted by Gasteiger charge is 2.19. The zero-order valence-corrected chi connectivity index (χ0v) is 14.1. The molecule has 134 valence electrons. The van der Waals surface area contributed by atoms with Gasteiger partial charge in [0.25, 0.3) is 0 Å². The van der Waals surface area contributed by atoms with E-state index >= 15 is 0 Å². The maximum Gasteiger partial charge on any atom is 0.220 e. The van der Waals surface area contributed by atoms with E-state index in [0.29, 0.717) is 0 Å². The third-order valence-electron chi connectivity index (χ3n) is 4.00. The van der Waals surface area contributed by atoms with Crippen LogP contribution in [0.3, 0.4) is 0 Å². The molecule has 0 aliphatic heterocycles. The predicted octanol–water partition coefficient (Wildman–Crippen LogP) is 3.32. The molecule has 0 aromatic heterocycles. The van der Waals surface area contributed by atoms with Gasteiger partial charge in [0.05, 0.1) is 12.7 Å². The second kappa shape index (κ2) is 8.58. The highest BCUT2D eigenvalue weighted by atomic mass is 19.1. The number of benzene rings is 2. The Morgan fingerprint density at radius 3 is 2.32 bits per heavy atom. The van der Waals surface area contributed by atoms with E-state index in [1.54, 1.807) is 7.11 Å². The van der Waals surface area contributed by atoms with Gasteiger partial charge in [-0.2, -0.15) is 0 Å². The molecule has 0 heterocycles. The van der Waals surface area contributed by atoms with Crippen LogP contribution >= 0.6 is 0 Å². The molecular weight excluding hydrogens is 328 g/mol. The molecular formula is C19H21F2NO3. The molecule has 2 aromatic rings. The minimum Gasteiger partial charge on any atom is -0.497 e. The number of aliphatic hydroxyl groups excluding tert-OH is 1. The van der Waals surface area contributed by atoms with Crippen LogP contribution in [0.15, 0.2) is 42.5 Å². The lowest BCUT2D eigenvalue weighted by Crippen LogP contribution is -2.29. The molecule has 0 spiro atoms. The average Bonchev–Trinajstić information content (AvgIpc) is 2.60. The van der Waals surface area contributed by atoms with Gasteiger partial charge in [0.2, 0.25) is 5.91 Å². The van der Waals surface area contributed by atoms with Crippen molar-refractivity contribution in [1.29, 1.82) is 0 Å². The van der Waals surface area contributed by atoms with Crippen molar-refractivity contribution < 1.29 is 23.4 Å². The number of aliphatic hydroxyl groups is 1. The number of hydrogen-bond donors (Lipinski definition) is 2. The Morgan fingerprint density at radius 1 is 1.16 bits per heavy atom. The normalized spacial score (nSPS) is 13.2. The Labute approximate surface area is 145 Å². The van der Waals surface area contributed by atoms with Crippen molar-refractivity contribution >= 4 is 5.91 Å². The van der Waals surface area contributed by atoms with E-state index in [-0.39, 0.29) is 24.8 Å². The monoisotopic (exact) mass is 349 g/mol. The van der Waals surface area contributed by atoms with E-state index in [4.69, 9.17) is 4.74 Å². The predicted molar refractivity (Wildman–Crippen MR) is 90.4 cm³/mol. The maximum absolute atomic E-state index is 13.6. The van der Waals surface area contributed by atoms with Gasteiger partial charge in [-0.1, -0.05) is 25.1 Å². The van der Waals surface area contributed by atoms with Crippen LogP contribution in [0, 0.1) is 11.6 Å². The average molecular weight is 349 g/mol. The summed E-state index contributed by atoms with van der Waals surface area (Å²) in [5.41, 5.74) is 0.530. The zero-order valence-electron chi connectivity index (χ0n) is 14.1. The Hall–Kier alpha value is -2.47. The van der Waals surface area contributed by atoms with Crippen molar-refractivity contribution in [2.75, 3.05) is 13.7 Å². The number of halogens is 2. The van der Waals surface area contributed by atoms with Gasteiger partial charge < -0.3 is 15.2 Å². The first kappa shape index (κ1) is 18.9. The lowest BCUT2D eigenvalue weighted by atomic mass is 9.97. The van der Waals surface area contributed by atoms with Crippen molar-refractivity contribution in [3.63, 3.8) is 0 Å². The second-order valence-corrected chi connectivity index (χ2v) is 5.83. The third-order valence-corrected chi connectivity index (χ3v) is 4.00. The molecule has 2 N–H and O–H groups in total. The Bertz CT molecular complexity index is 699. The summed E-state index contributed by atoms with van der Waals surface area (Å²) in [6.07, 6.45) is -1.25. The summed E-state index contributed by atoms with van der Waals surface area (Å²) < 4.78 is 32.3. The smallest absolute Gasteiger partial charge is 0.220 e. The first-order valence-electron chi connectivity index (χ1n) is 7.95. The molecule has 2 atom stereocenters. The minimum atomic E-state index is -1.44. The fourth-order valence-corrected chi connectivity index (χ4v) is 2.54. The van der Waals surface area contributed by atoms with Crippen LogP contribution in [0.1, 0.15) is 36.5 Å². The molecule has 1 amide bonds. The zero-order chi connectivity index (χ0) is 18.4. The molecule has 0 aliphatic rings. The van der Waals surface area contributed by atoms with Crippen LogP contribution in [-0.2, 0) is 4.79 Å². The Morgan fingerprint density at radius 2 is 1.76 bits per heavy atom. The van der Waals surface area contributed by atoms with Crippen molar-refractivity contribution in [1.82, 2.24) is 5.32 Å². The van der Waals surface area contributed by atoms with Gasteiger partial charge in [-0.15, -0.1) is 0 Å². The molecule has 4 nitrogen and oxygen atoms in total. The number of ether oxygens (including phenoxy) is 1. The number of carbonyl (C=O) groups is 1. The standard InChI is InChI=1S/C19H21F2NO3/c1-12(13-6-8-14(25-2)9-7-13)10-18(24)22-11-17(23)19-15(20)4-3-5-16(19)21/h3-9,12,17,23H,10-11H2,1-2H3,(H,22,24). The molecule has 0 bridgehead atoms. The van der Waals surface area contributed by atoms with Gasteiger partial charge in [0, 0.05) is 13.0 Å². The highest BCUT2D eigenvalue weighted by Crippen LogP contribution is 2.22. The molecule has 0 saturated carbocycles. The van der Waals surface area contributed by atoms with Gasteiger partial charge in [-0.3, -0.25) is 4.79 Å². The summed E-state index contributed by atoms with van der Waals surface area (Å²) in [5, 5.41) is 12.4. The largest absolute Gasteiger partial charge is 0.497 e. The van der Waals surface area contributed by atoms with E-state index < -0.39 is 23.3 Å². The number of nitrogens with one attached hydrogen (secondary N) is 1. The summed E-state index contributed by atoms with van der Waals surface area (Å²) >= 11 is 0. The second-order valence-electron chi connectivity index (χ2n) is 5.83. The van der Waals surface area contributed by atoms with Crippen molar-refractivity contribution in [2.24, 2.45) is 0 Å². The number of amides is 1. The summed E-state index contributed by atoms with van der Waals surface area (Å²) in [6.45, 7) is 1.64. The van der Waals surface area contributed by atoms with Crippen molar-refractivity contribution in [2.45, 2.75) is 25.4 Å². The van der Waals surface area contributed by atoms with Crippen LogP contribution in [0.2, 0.25) is 0 Å². The van der Waals surface area contributed by atoms with Crippen LogP contribution in [-0.4, -0.2) is 24.7 Å². The van der Waals surface area contributed by atoms with E-state index in [1.165, 1.54) is 6.07 Å². The first-order valence-corrected chi connectivity index (χ1v) is 7.95. The molecule has 0 aliphatic carbocycles. The summed E-state index contributed by atoms with van der Waals surface area (Å²) in [7, 11) is 1.58. The Balaban J connectivity index is 1.89. The molecule has 0 radical (unpaired) electrons. The van der Waals surface area contributed by atoms with Gasteiger partial charge >= 0.3 is 0 Å². The molecule has 2 unspecified atom stereocenters. The topological polar surface area (TPSA) is 58.6 Å². The minimum absolute atomic E-state index is 0.0479. The number of carbonyl (C=O) groups excluding carboxylic acids is 1.